The van der Waals surface area contributed by atoms with E-state index in [-0.39, 0.29) is 30.1 Å². The topological polar surface area (TPSA) is 86.7 Å². The second-order valence-electron chi connectivity index (χ2n) is 6.55. The molecule has 0 radical (unpaired) electrons. The van der Waals surface area contributed by atoms with E-state index in [1.165, 1.54) is 0 Å². The van der Waals surface area contributed by atoms with Gasteiger partial charge in [0.05, 0.1) is 5.92 Å². The van der Waals surface area contributed by atoms with Crippen LogP contribution in [0.5, 0.6) is 0 Å². The van der Waals surface area contributed by atoms with Crippen molar-refractivity contribution in [1.82, 2.24) is 10.2 Å². The number of hydrogen-bond donors (Lipinski definition) is 2. The molecular formula is C18H23ClN2O4. The van der Waals surface area contributed by atoms with Crippen molar-refractivity contribution in [2.24, 2.45) is 11.8 Å². The van der Waals surface area contributed by atoms with Crippen molar-refractivity contribution in [3.8, 4) is 0 Å². The number of aliphatic carboxylic acids is 1. The van der Waals surface area contributed by atoms with Crippen LogP contribution in [0.3, 0.4) is 0 Å². The van der Waals surface area contributed by atoms with Crippen molar-refractivity contribution < 1.29 is 19.5 Å². The van der Waals surface area contributed by atoms with E-state index in [1.54, 1.807) is 36.1 Å². The highest BCUT2D eigenvalue weighted by atomic mass is 35.5. The van der Waals surface area contributed by atoms with Gasteiger partial charge < -0.3 is 15.3 Å². The SMILES string of the molecule is CC(CNC(=O)C1CCCN(C(=O)c2ccc(Cl)cc2)C1)CC(=O)O. The molecule has 1 fully saturated rings. The number of nitrogens with one attached hydrogen (secondary N) is 1. The molecule has 0 aromatic heterocycles. The van der Waals surface area contributed by atoms with Gasteiger partial charge in [0.2, 0.25) is 5.91 Å². The van der Waals surface area contributed by atoms with Gasteiger partial charge in [0.25, 0.3) is 5.91 Å². The van der Waals surface area contributed by atoms with Crippen LogP contribution in [-0.4, -0.2) is 47.4 Å². The summed E-state index contributed by atoms with van der Waals surface area (Å²) in [6.45, 7) is 3.11. The maximum Gasteiger partial charge on any atom is 0.303 e. The Balaban J connectivity index is 1.89. The molecule has 136 valence electrons. The summed E-state index contributed by atoms with van der Waals surface area (Å²) in [4.78, 5) is 37.2. The zero-order chi connectivity index (χ0) is 18.4. The van der Waals surface area contributed by atoms with E-state index in [9.17, 15) is 14.4 Å². The normalized spacial score (nSPS) is 18.5. The molecule has 25 heavy (non-hydrogen) atoms. The van der Waals surface area contributed by atoms with Crippen molar-refractivity contribution in [2.45, 2.75) is 26.2 Å². The Morgan fingerprint density at radius 2 is 2.00 bits per heavy atom. The molecule has 6 nitrogen and oxygen atoms in total. The number of nitrogens with zero attached hydrogens (tertiary/aromatic N) is 1. The fraction of sp³-hybridized carbons (Fsp3) is 0.500. The Morgan fingerprint density at radius 1 is 1.32 bits per heavy atom. The van der Waals surface area contributed by atoms with Crippen LogP contribution in [0.15, 0.2) is 24.3 Å². The largest absolute Gasteiger partial charge is 0.481 e. The summed E-state index contributed by atoms with van der Waals surface area (Å²) in [6, 6.07) is 6.71. The molecule has 1 aromatic carbocycles. The summed E-state index contributed by atoms with van der Waals surface area (Å²) in [5, 5.41) is 12.1. The van der Waals surface area contributed by atoms with Crippen molar-refractivity contribution in [2.75, 3.05) is 19.6 Å². The van der Waals surface area contributed by atoms with Gasteiger partial charge in [-0.25, -0.2) is 0 Å². The van der Waals surface area contributed by atoms with Crippen LogP contribution in [0.2, 0.25) is 5.02 Å². The Bertz CT molecular complexity index is 632. The van der Waals surface area contributed by atoms with E-state index in [0.29, 0.717) is 30.2 Å². The van der Waals surface area contributed by atoms with Crippen LogP contribution in [0, 0.1) is 11.8 Å². The molecule has 0 aliphatic carbocycles. The first-order valence-electron chi connectivity index (χ1n) is 8.41. The lowest BCUT2D eigenvalue weighted by Gasteiger charge is -2.32. The number of carboxylic acids is 1. The minimum atomic E-state index is -0.876. The molecular weight excluding hydrogens is 344 g/mol. The number of carboxylic acid groups (broad SMARTS) is 1. The monoisotopic (exact) mass is 366 g/mol. The number of piperidine rings is 1. The van der Waals surface area contributed by atoms with Gasteiger partial charge in [0.1, 0.15) is 0 Å². The smallest absolute Gasteiger partial charge is 0.303 e. The molecule has 2 atom stereocenters. The molecule has 0 saturated carbocycles. The Morgan fingerprint density at radius 3 is 2.64 bits per heavy atom. The summed E-state index contributed by atoms with van der Waals surface area (Å²) >= 11 is 5.84. The summed E-state index contributed by atoms with van der Waals surface area (Å²) in [7, 11) is 0. The number of benzene rings is 1. The van der Waals surface area contributed by atoms with Crippen molar-refractivity contribution in [3.63, 3.8) is 0 Å². The van der Waals surface area contributed by atoms with Gasteiger partial charge in [-0.2, -0.15) is 0 Å². The Labute approximate surface area is 152 Å². The number of rotatable bonds is 6. The van der Waals surface area contributed by atoms with Crippen LogP contribution in [0.25, 0.3) is 0 Å². The summed E-state index contributed by atoms with van der Waals surface area (Å²) in [5.74, 6) is -1.49. The zero-order valence-corrected chi connectivity index (χ0v) is 15.0. The molecule has 1 aliphatic rings. The number of amides is 2. The first-order valence-corrected chi connectivity index (χ1v) is 8.79. The number of likely N-dealkylation sites (tertiary alicyclic amines) is 1. The lowest BCUT2D eigenvalue weighted by atomic mass is 9.96. The van der Waals surface area contributed by atoms with Crippen molar-refractivity contribution >= 4 is 29.4 Å². The quantitative estimate of drug-likeness (QED) is 0.809. The lowest BCUT2D eigenvalue weighted by molar-refractivity contribution is -0.138. The molecule has 1 heterocycles. The molecule has 2 rings (SSSR count). The summed E-state index contributed by atoms with van der Waals surface area (Å²) < 4.78 is 0. The van der Waals surface area contributed by atoms with Crippen LogP contribution in [-0.2, 0) is 9.59 Å². The molecule has 2 unspecified atom stereocenters. The molecule has 2 N–H and O–H groups in total. The highest BCUT2D eigenvalue weighted by Crippen LogP contribution is 2.20. The second-order valence-corrected chi connectivity index (χ2v) is 6.98. The molecule has 0 spiro atoms. The third kappa shape index (κ3) is 5.74. The van der Waals surface area contributed by atoms with E-state index in [4.69, 9.17) is 16.7 Å². The number of hydrogen-bond acceptors (Lipinski definition) is 3. The fourth-order valence-corrected chi connectivity index (χ4v) is 3.07. The van der Waals surface area contributed by atoms with Crippen molar-refractivity contribution in [1.29, 1.82) is 0 Å². The van der Waals surface area contributed by atoms with Gasteiger partial charge in [-0.15, -0.1) is 0 Å². The van der Waals surface area contributed by atoms with Crippen LogP contribution in [0.4, 0.5) is 0 Å². The standard InChI is InChI=1S/C18H23ClN2O4/c1-12(9-16(22)23)10-20-17(24)14-3-2-8-21(11-14)18(25)13-4-6-15(19)7-5-13/h4-7,12,14H,2-3,8-11H2,1H3,(H,20,24)(H,22,23). The van der Waals surface area contributed by atoms with Gasteiger partial charge >= 0.3 is 5.97 Å². The third-order valence-electron chi connectivity index (χ3n) is 4.32. The first kappa shape index (κ1) is 19.2. The molecule has 1 aromatic rings. The molecule has 1 saturated heterocycles. The maximum absolute atomic E-state index is 12.6. The number of halogens is 1. The maximum atomic E-state index is 12.6. The molecule has 0 bridgehead atoms. The number of carbonyl (C=O) groups excluding carboxylic acids is 2. The minimum absolute atomic E-state index is 0.0200. The Hall–Kier alpha value is -2.08. The average molecular weight is 367 g/mol. The van der Waals surface area contributed by atoms with E-state index in [1.807, 2.05) is 0 Å². The molecule has 1 aliphatic heterocycles. The van der Waals surface area contributed by atoms with Gasteiger partial charge in [-0.3, -0.25) is 14.4 Å². The van der Waals surface area contributed by atoms with E-state index in [2.05, 4.69) is 5.32 Å². The molecule has 7 heteroatoms. The average Bonchev–Trinajstić information content (AvgIpc) is 2.59. The highest BCUT2D eigenvalue weighted by molar-refractivity contribution is 6.30. The van der Waals surface area contributed by atoms with Gasteiger partial charge in [0, 0.05) is 36.6 Å². The van der Waals surface area contributed by atoms with Crippen molar-refractivity contribution in [3.05, 3.63) is 34.9 Å². The van der Waals surface area contributed by atoms with Gasteiger partial charge in [-0.05, 0) is 43.0 Å². The Kier molecular flexibility index (Phi) is 6.82. The summed E-state index contributed by atoms with van der Waals surface area (Å²) in [6.07, 6.45) is 1.51. The second kappa shape index (κ2) is 8.85. The van der Waals surface area contributed by atoms with Crippen LogP contribution in [0.1, 0.15) is 36.5 Å². The lowest BCUT2D eigenvalue weighted by Crippen LogP contribution is -2.46. The predicted octanol–water partition coefficient (Wildman–Crippen LogP) is 2.42. The van der Waals surface area contributed by atoms with E-state index < -0.39 is 5.97 Å². The number of carbonyl (C=O) groups is 3. The van der Waals surface area contributed by atoms with E-state index >= 15 is 0 Å². The molecule has 2 amide bonds. The highest BCUT2D eigenvalue weighted by Gasteiger charge is 2.29. The fourth-order valence-electron chi connectivity index (χ4n) is 2.94. The van der Waals surface area contributed by atoms with Crippen LogP contribution >= 0.6 is 11.6 Å². The predicted molar refractivity (Wildman–Crippen MR) is 94.5 cm³/mol. The summed E-state index contributed by atoms with van der Waals surface area (Å²) in [5.41, 5.74) is 0.556. The van der Waals surface area contributed by atoms with Gasteiger partial charge in [-0.1, -0.05) is 18.5 Å². The minimum Gasteiger partial charge on any atom is -0.481 e. The third-order valence-corrected chi connectivity index (χ3v) is 4.57. The first-order chi connectivity index (χ1) is 11.9. The van der Waals surface area contributed by atoms with Crippen LogP contribution < -0.4 is 5.32 Å². The zero-order valence-electron chi connectivity index (χ0n) is 14.2. The van der Waals surface area contributed by atoms with E-state index in [0.717, 1.165) is 12.8 Å². The van der Waals surface area contributed by atoms with Gasteiger partial charge in [0.15, 0.2) is 0 Å².